The van der Waals surface area contributed by atoms with E-state index in [4.69, 9.17) is 46.8 Å². The molecular formula is C60H61N5O16S. The van der Waals surface area contributed by atoms with E-state index in [2.05, 4.69) is 29.2 Å². The molecule has 22 heteroatoms. The van der Waals surface area contributed by atoms with Crippen molar-refractivity contribution in [3.05, 3.63) is 159 Å². The molecule has 1 saturated heterocycles. The van der Waals surface area contributed by atoms with Crippen LogP contribution in [0.15, 0.2) is 113 Å². The summed E-state index contributed by atoms with van der Waals surface area (Å²) in [7, 11) is 2.14. The molecule has 11 rings (SSSR count). The van der Waals surface area contributed by atoms with Gasteiger partial charge < -0.3 is 71.9 Å². The van der Waals surface area contributed by atoms with Gasteiger partial charge in [0.1, 0.15) is 43.4 Å². The predicted octanol–water partition coefficient (Wildman–Crippen LogP) is 5.68. The average Bonchev–Trinajstić information content (AvgIpc) is 3.77. The number of methoxy groups -OCH3 is 2. The molecule has 6 aromatic rings. The SMILES string of the molecule is COc1cc2c(cc1OCc1cc(COc3cc4c(cc3OC)C(=O)N3Cc5cc(OS(=O)(=O)Oc6cc(C)ccc6OC6O[C@H](CO)[C@H](O)[C@H](O)[C@H]6O)ccc5C[C@H]3C=N4)cc(CN(C)C)c1)N=C[C@@H]1Cc3ccccc3CN1C2=O. The van der Waals surface area contributed by atoms with Gasteiger partial charge in [0.05, 0.1) is 55.4 Å². The lowest BCUT2D eigenvalue weighted by atomic mass is 9.94. The van der Waals surface area contributed by atoms with Crippen LogP contribution in [0.5, 0.6) is 40.2 Å². The Hall–Kier alpha value is -8.09. The van der Waals surface area contributed by atoms with Gasteiger partial charge in [0, 0.05) is 44.2 Å². The summed E-state index contributed by atoms with van der Waals surface area (Å²) in [6.07, 6.45) is -3.44. The molecule has 5 aliphatic rings. The Bertz CT molecular complexity index is 3630. The molecule has 0 aromatic heterocycles. The molecule has 6 aromatic carbocycles. The molecular weight excluding hydrogens is 1080 g/mol. The topological polar surface area (TPSA) is 257 Å². The Labute approximate surface area is 473 Å². The molecule has 428 valence electrons. The number of hydrogen-bond acceptors (Lipinski definition) is 19. The number of rotatable bonds is 17. The van der Waals surface area contributed by atoms with Crippen molar-refractivity contribution >= 4 is 46.0 Å². The average molecular weight is 1140 g/mol. The van der Waals surface area contributed by atoms with E-state index in [0.717, 1.165) is 27.8 Å². The first-order chi connectivity index (χ1) is 39.4. The fourth-order valence-corrected chi connectivity index (χ4v) is 11.6. The van der Waals surface area contributed by atoms with Crippen LogP contribution in [0.1, 0.15) is 65.2 Å². The third-order valence-electron chi connectivity index (χ3n) is 14.9. The minimum absolute atomic E-state index is 0.0783. The van der Waals surface area contributed by atoms with Crippen LogP contribution < -0.4 is 32.1 Å². The summed E-state index contributed by atoms with van der Waals surface area (Å²) in [6.45, 7) is 2.46. The van der Waals surface area contributed by atoms with Crippen molar-refractivity contribution in [3.63, 3.8) is 0 Å². The lowest BCUT2D eigenvalue weighted by Crippen LogP contribution is -2.60. The zero-order chi connectivity index (χ0) is 57.6. The Morgan fingerprint density at radius 1 is 0.622 bits per heavy atom. The highest BCUT2D eigenvalue weighted by Gasteiger charge is 2.45. The minimum Gasteiger partial charge on any atom is -0.493 e. The zero-order valence-corrected chi connectivity index (χ0v) is 46.3. The second kappa shape index (κ2) is 23.0. The number of ether oxygens (including phenoxy) is 6. The minimum atomic E-state index is -4.86. The number of carbonyl (C=O) groups is 2. The highest BCUT2D eigenvalue weighted by Crippen LogP contribution is 2.42. The highest BCUT2D eigenvalue weighted by atomic mass is 32.3. The summed E-state index contributed by atoms with van der Waals surface area (Å²) in [5.74, 6) is 0.402. The summed E-state index contributed by atoms with van der Waals surface area (Å²) in [6, 6.07) is 29.3. The van der Waals surface area contributed by atoms with E-state index in [1.807, 2.05) is 43.4 Å². The molecule has 0 saturated carbocycles. The number of benzene rings is 6. The van der Waals surface area contributed by atoms with Crippen LogP contribution in [0.4, 0.5) is 11.4 Å². The molecule has 0 radical (unpaired) electrons. The van der Waals surface area contributed by atoms with Gasteiger partial charge in [-0.25, -0.2) is 0 Å². The van der Waals surface area contributed by atoms with E-state index < -0.39 is 53.8 Å². The van der Waals surface area contributed by atoms with Crippen molar-refractivity contribution in [2.45, 2.75) is 95.4 Å². The van der Waals surface area contributed by atoms with Gasteiger partial charge in [0.2, 0.25) is 6.29 Å². The molecule has 21 nitrogen and oxygen atoms in total. The Balaban J connectivity index is 0.767. The molecule has 5 heterocycles. The van der Waals surface area contributed by atoms with Crippen molar-refractivity contribution in [2.24, 2.45) is 9.98 Å². The van der Waals surface area contributed by atoms with Crippen LogP contribution in [0.3, 0.4) is 0 Å². The summed E-state index contributed by atoms with van der Waals surface area (Å²) in [5, 5.41) is 40.6. The number of aryl methyl sites for hydroxylation is 1. The number of fused-ring (bicyclic) bond motifs is 6. The molecule has 82 heavy (non-hydrogen) atoms. The van der Waals surface area contributed by atoms with Crippen LogP contribution in [0, 0.1) is 6.92 Å². The fourth-order valence-electron chi connectivity index (χ4n) is 10.8. The number of nitrogens with zero attached hydrogens (tertiary/aromatic N) is 5. The Morgan fingerprint density at radius 3 is 1.78 bits per heavy atom. The fraction of sp³-hybridized carbons (Fsp3) is 0.333. The Morgan fingerprint density at radius 2 is 1.20 bits per heavy atom. The van der Waals surface area contributed by atoms with E-state index in [1.165, 1.54) is 36.9 Å². The lowest BCUT2D eigenvalue weighted by Gasteiger charge is -2.39. The van der Waals surface area contributed by atoms with E-state index >= 15 is 0 Å². The third kappa shape index (κ3) is 11.6. The van der Waals surface area contributed by atoms with Crippen molar-refractivity contribution in [1.29, 1.82) is 0 Å². The molecule has 0 spiro atoms. The maximum Gasteiger partial charge on any atom is 0.501 e. The van der Waals surface area contributed by atoms with Crippen molar-refractivity contribution < 1.29 is 75.2 Å². The third-order valence-corrected chi connectivity index (χ3v) is 15.7. The molecule has 1 unspecified atom stereocenters. The number of aliphatic hydroxyl groups excluding tert-OH is 4. The maximum atomic E-state index is 14.5. The van der Waals surface area contributed by atoms with Crippen LogP contribution >= 0.6 is 0 Å². The first-order valence-electron chi connectivity index (χ1n) is 26.5. The highest BCUT2D eigenvalue weighted by molar-refractivity contribution is 7.82. The van der Waals surface area contributed by atoms with Crippen LogP contribution in [-0.2, 0) is 60.8 Å². The van der Waals surface area contributed by atoms with E-state index in [-0.39, 0.29) is 60.4 Å². The standard InChI is InChI=1S/C60H61N5O16S/c1-33-10-13-48(78-60-57(69)56(68)55(67)54(30-66)79-60)53(14-33)81-82(72,73)80-43-12-11-38-19-42-26-62-47-24-52(50(75-5)22-45(47)59(71)65(42)29-40(38)20-43)77-32-36-16-34(27-63(2)3)15-35(17-36)31-76-51-23-46-44(21-49(51)74-4)58(70)64-28-39-9-7-6-8-37(39)18-41(64)25-61-46/h6-17,20-26,41-42,54-57,60,66-69H,18-19,27-32H2,1-5H3/t41-,42-,54+,55-,56-,57+,60?/m0/s1. The molecule has 0 aliphatic carbocycles. The molecule has 0 bridgehead atoms. The largest absolute Gasteiger partial charge is 0.501 e. The summed E-state index contributed by atoms with van der Waals surface area (Å²) >= 11 is 0. The number of aliphatic imine (C=N–C) groups is 2. The normalized spacial score (nSPS) is 21.7. The van der Waals surface area contributed by atoms with E-state index in [1.54, 1.807) is 61.5 Å². The van der Waals surface area contributed by atoms with Gasteiger partial charge in [0.25, 0.3) is 11.8 Å². The molecule has 5 aliphatic heterocycles. The van der Waals surface area contributed by atoms with E-state index in [9.17, 15) is 38.4 Å². The first kappa shape index (κ1) is 55.8. The molecule has 2 amide bonds. The molecule has 1 fully saturated rings. The van der Waals surface area contributed by atoms with Gasteiger partial charge in [-0.2, -0.15) is 0 Å². The number of aliphatic hydroxyl groups is 4. The molecule has 4 N–H and O–H groups in total. The first-order valence-corrected chi connectivity index (χ1v) is 27.8. The summed E-state index contributed by atoms with van der Waals surface area (Å²) in [4.78, 5) is 43.6. The van der Waals surface area contributed by atoms with Crippen LogP contribution in [-0.4, -0.2) is 145 Å². The van der Waals surface area contributed by atoms with E-state index in [0.29, 0.717) is 77.0 Å². The number of amides is 2. The predicted molar refractivity (Wildman–Crippen MR) is 298 cm³/mol. The van der Waals surface area contributed by atoms with Crippen LogP contribution in [0.2, 0.25) is 0 Å². The lowest BCUT2D eigenvalue weighted by molar-refractivity contribution is -0.277. The van der Waals surface area contributed by atoms with Crippen LogP contribution in [0.25, 0.3) is 0 Å². The van der Waals surface area contributed by atoms with Gasteiger partial charge in [-0.3, -0.25) is 19.6 Å². The van der Waals surface area contributed by atoms with Crippen molar-refractivity contribution in [1.82, 2.24) is 14.7 Å². The number of carbonyl (C=O) groups excluding carboxylic acids is 2. The van der Waals surface area contributed by atoms with Gasteiger partial charge >= 0.3 is 10.4 Å². The second-order valence-corrected chi connectivity index (χ2v) is 22.2. The van der Waals surface area contributed by atoms with Crippen molar-refractivity contribution in [3.8, 4) is 40.2 Å². The van der Waals surface area contributed by atoms with Gasteiger partial charge in [-0.05, 0) is 121 Å². The monoisotopic (exact) mass is 1140 g/mol. The second-order valence-electron chi connectivity index (χ2n) is 21.0. The quantitative estimate of drug-likeness (QED) is 0.0857. The maximum absolute atomic E-state index is 14.5. The smallest absolute Gasteiger partial charge is 0.493 e. The van der Waals surface area contributed by atoms with Gasteiger partial charge in [-0.1, -0.05) is 48.5 Å². The molecule has 7 atom stereocenters. The summed E-state index contributed by atoms with van der Waals surface area (Å²) < 4.78 is 73.4. The van der Waals surface area contributed by atoms with Crippen molar-refractivity contribution in [2.75, 3.05) is 34.9 Å². The van der Waals surface area contributed by atoms with Gasteiger partial charge in [-0.15, -0.1) is 8.42 Å². The zero-order valence-electron chi connectivity index (χ0n) is 45.5. The van der Waals surface area contributed by atoms with Gasteiger partial charge in [0.15, 0.2) is 34.5 Å². The Kier molecular flexibility index (Phi) is 15.7. The summed E-state index contributed by atoms with van der Waals surface area (Å²) in [5.41, 5.74) is 8.65. The number of hydrogen-bond donors (Lipinski definition) is 4.